The maximum Gasteiger partial charge on any atom is 0.124 e. The average molecular weight is 270 g/mol. The number of aromatic nitrogens is 1. The zero-order chi connectivity index (χ0) is 14.2. The summed E-state index contributed by atoms with van der Waals surface area (Å²) in [5.74, 6) is 0.969. The summed E-state index contributed by atoms with van der Waals surface area (Å²) in [5, 5.41) is 3.54. The molecule has 0 fully saturated rings. The second-order valence-corrected chi connectivity index (χ2v) is 4.76. The largest absolute Gasteiger partial charge is 0.494 e. The molecule has 0 bridgehead atoms. The summed E-state index contributed by atoms with van der Waals surface area (Å²) >= 11 is 0. The highest BCUT2D eigenvalue weighted by molar-refractivity contribution is 5.35. The van der Waals surface area contributed by atoms with Gasteiger partial charge in [0, 0.05) is 24.0 Å². The molecule has 20 heavy (non-hydrogen) atoms. The molecule has 0 radical (unpaired) electrons. The Kier molecular flexibility index (Phi) is 5.56. The van der Waals surface area contributed by atoms with Gasteiger partial charge >= 0.3 is 0 Å². The molecule has 3 heteroatoms. The van der Waals surface area contributed by atoms with Gasteiger partial charge in [0.05, 0.1) is 6.61 Å². The topological polar surface area (TPSA) is 34.1 Å². The monoisotopic (exact) mass is 270 g/mol. The van der Waals surface area contributed by atoms with Gasteiger partial charge in [-0.15, -0.1) is 0 Å². The van der Waals surface area contributed by atoms with Crippen LogP contribution in [0.15, 0.2) is 48.8 Å². The van der Waals surface area contributed by atoms with Gasteiger partial charge in [0.25, 0.3) is 0 Å². The molecule has 0 saturated heterocycles. The van der Waals surface area contributed by atoms with Crippen molar-refractivity contribution in [3.63, 3.8) is 0 Å². The zero-order valence-corrected chi connectivity index (χ0v) is 12.2. The van der Waals surface area contributed by atoms with Gasteiger partial charge in [-0.3, -0.25) is 4.98 Å². The first-order valence-electron chi connectivity index (χ1n) is 7.15. The number of hydrogen-bond acceptors (Lipinski definition) is 3. The van der Waals surface area contributed by atoms with Crippen molar-refractivity contribution in [3.05, 3.63) is 59.9 Å². The van der Waals surface area contributed by atoms with E-state index in [1.54, 1.807) is 6.20 Å². The lowest BCUT2D eigenvalue weighted by Crippen LogP contribution is -2.22. The van der Waals surface area contributed by atoms with Gasteiger partial charge in [0.15, 0.2) is 0 Å². The zero-order valence-electron chi connectivity index (χ0n) is 12.2. The van der Waals surface area contributed by atoms with E-state index in [0.717, 1.165) is 18.7 Å². The van der Waals surface area contributed by atoms with Gasteiger partial charge in [-0.1, -0.05) is 24.3 Å². The van der Waals surface area contributed by atoms with Crippen LogP contribution in [0.3, 0.4) is 0 Å². The number of hydrogen-bond donors (Lipinski definition) is 1. The summed E-state index contributed by atoms with van der Waals surface area (Å²) < 4.78 is 5.67. The Labute approximate surface area is 121 Å². The highest BCUT2D eigenvalue weighted by atomic mass is 16.5. The van der Waals surface area contributed by atoms with Crippen molar-refractivity contribution in [3.8, 4) is 5.75 Å². The number of nitrogens with zero attached hydrogens (tertiary/aromatic N) is 1. The molecule has 0 spiro atoms. The third kappa shape index (κ3) is 4.07. The molecule has 1 atom stereocenters. The minimum Gasteiger partial charge on any atom is -0.494 e. The van der Waals surface area contributed by atoms with E-state index in [-0.39, 0.29) is 6.04 Å². The molecule has 1 aromatic carbocycles. The Hall–Kier alpha value is -1.87. The van der Waals surface area contributed by atoms with E-state index in [1.807, 2.05) is 31.3 Å². The molecular weight excluding hydrogens is 248 g/mol. The second-order valence-electron chi connectivity index (χ2n) is 4.76. The van der Waals surface area contributed by atoms with Crippen molar-refractivity contribution >= 4 is 0 Å². The minimum atomic E-state index is 0.273. The smallest absolute Gasteiger partial charge is 0.124 e. The number of benzene rings is 1. The van der Waals surface area contributed by atoms with Crippen molar-refractivity contribution < 1.29 is 4.74 Å². The second kappa shape index (κ2) is 7.65. The molecule has 1 N–H and O–H groups in total. The highest BCUT2D eigenvalue weighted by Gasteiger charge is 2.10. The van der Waals surface area contributed by atoms with E-state index < -0.39 is 0 Å². The fraction of sp³-hybridized carbons (Fsp3) is 0.353. The van der Waals surface area contributed by atoms with E-state index >= 15 is 0 Å². The highest BCUT2D eigenvalue weighted by Crippen LogP contribution is 2.24. The maximum absolute atomic E-state index is 5.67. The van der Waals surface area contributed by atoms with Crippen LogP contribution in [-0.4, -0.2) is 18.1 Å². The first kappa shape index (κ1) is 14.5. The summed E-state index contributed by atoms with van der Waals surface area (Å²) in [5.41, 5.74) is 2.46. The quantitative estimate of drug-likeness (QED) is 0.837. The lowest BCUT2D eigenvalue weighted by molar-refractivity contribution is 0.332. The first-order chi connectivity index (χ1) is 9.81. The Balaban J connectivity index is 1.90. The number of rotatable bonds is 7. The number of pyridine rings is 1. The first-order valence-corrected chi connectivity index (χ1v) is 7.15. The van der Waals surface area contributed by atoms with E-state index in [2.05, 4.69) is 35.4 Å². The van der Waals surface area contributed by atoms with Crippen LogP contribution < -0.4 is 10.1 Å². The van der Waals surface area contributed by atoms with Crippen molar-refractivity contribution in [2.45, 2.75) is 26.3 Å². The van der Waals surface area contributed by atoms with E-state index in [9.17, 15) is 0 Å². The number of para-hydroxylation sites is 1. The minimum absolute atomic E-state index is 0.273. The van der Waals surface area contributed by atoms with Gasteiger partial charge in [0.2, 0.25) is 0 Å². The summed E-state index contributed by atoms with van der Waals surface area (Å²) in [7, 11) is 0. The lowest BCUT2D eigenvalue weighted by atomic mass is 10.1. The maximum atomic E-state index is 5.67. The average Bonchev–Trinajstić information content (AvgIpc) is 2.49. The van der Waals surface area contributed by atoms with E-state index in [0.29, 0.717) is 6.61 Å². The summed E-state index contributed by atoms with van der Waals surface area (Å²) in [4.78, 5) is 4.13. The van der Waals surface area contributed by atoms with Gasteiger partial charge in [-0.05, 0) is 44.5 Å². The molecule has 0 amide bonds. The fourth-order valence-electron chi connectivity index (χ4n) is 2.21. The van der Waals surface area contributed by atoms with E-state index in [1.165, 1.54) is 11.1 Å². The summed E-state index contributed by atoms with van der Waals surface area (Å²) in [6.07, 6.45) is 4.70. The molecule has 0 aliphatic rings. The summed E-state index contributed by atoms with van der Waals surface area (Å²) in [6.45, 7) is 5.80. The molecule has 0 aliphatic heterocycles. The molecule has 2 rings (SSSR count). The molecule has 1 unspecified atom stereocenters. The molecule has 2 aromatic rings. The molecule has 106 valence electrons. The Morgan fingerprint density at radius 1 is 1.20 bits per heavy atom. The van der Waals surface area contributed by atoms with Crippen molar-refractivity contribution in [1.29, 1.82) is 0 Å². The predicted octanol–water partition coefficient (Wildman–Crippen LogP) is 3.37. The predicted molar refractivity (Wildman–Crippen MR) is 82.0 cm³/mol. The molecule has 1 heterocycles. The lowest BCUT2D eigenvalue weighted by Gasteiger charge is -2.18. The van der Waals surface area contributed by atoms with E-state index in [4.69, 9.17) is 4.74 Å². The third-order valence-corrected chi connectivity index (χ3v) is 3.27. The van der Waals surface area contributed by atoms with Crippen LogP contribution in [0.1, 0.15) is 31.0 Å². The van der Waals surface area contributed by atoms with Crippen molar-refractivity contribution in [1.82, 2.24) is 10.3 Å². The third-order valence-electron chi connectivity index (χ3n) is 3.27. The molecular formula is C17H22N2O. The van der Waals surface area contributed by atoms with Crippen LogP contribution >= 0.6 is 0 Å². The normalized spacial score (nSPS) is 12.1. The number of ether oxygens (including phenoxy) is 1. The van der Waals surface area contributed by atoms with Crippen LogP contribution in [0.2, 0.25) is 0 Å². The molecule has 0 saturated carbocycles. The Morgan fingerprint density at radius 3 is 2.80 bits per heavy atom. The van der Waals surface area contributed by atoms with Gasteiger partial charge in [-0.2, -0.15) is 0 Å². The van der Waals surface area contributed by atoms with Crippen molar-refractivity contribution in [2.75, 3.05) is 13.2 Å². The standard InChI is InChI=1S/C17H22N2O/c1-3-20-17-9-5-4-8-16(17)14(2)19-12-10-15-7-6-11-18-13-15/h4-9,11,13-14,19H,3,10,12H2,1-2H3. The van der Waals surface area contributed by atoms with Crippen LogP contribution in [0, 0.1) is 0 Å². The van der Waals surface area contributed by atoms with Crippen molar-refractivity contribution in [2.24, 2.45) is 0 Å². The van der Waals surface area contributed by atoms with Crippen LogP contribution in [0.25, 0.3) is 0 Å². The summed E-state index contributed by atoms with van der Waals surface area (Å²) in [6, 6.07) is 12.6. The number of nitrogens with one attached hydrogen (secondary N) is 1. The van der Waals surface area contributed by atoms with Crippen LogP contribution in [0.4, 0.5) is 0 Å². The molecule has 3 nitrogen and oxygen atoms in total. The van der Waals surface area contributed by atoms with Gasteiger partial charge in [-0.25, -0.2) is 0 Å². The fourth-order valence-corrected chi connectivity index (χ4v) is 2.21. The Bertz CT molecular complexity index is 513. The molecule has 1 aromatic heterocycles. The van der Waals surface area contributed by atoms with Gasteiger partial charge < -0.3 is 10.1 Å². The van der Waals surface area contributed by atoms with Gasteiger partial charge in [0.1, 0.15) is 5.75 Å². The SMILES string of the molecule is CCOc1ccccc1C(C)NCCc1cccnc1. The van der Waals surface area contributed by atoms with Crippen LogP contribution in [-0.2, 0) is 6.42 Å². The Morgan fingerprint density at radius 2 is 2.05 bits per heavy atom. The molecule has 0 aliphatic carbocycles. The van der Waals surface area contributed by atoms with Crippen LogP contribution in [0.5, 0.6) is 5.75 Å².